The second kappa shape index (κ2) is 6.15. The molecular formula is C19H17N7O2. The van der Waals surface area contributed by atoms with Crippen LogP contribution >= 0.6 is 0 Å². The van der Waals surface area contributed by atoms with Gasteiger partial charge in [0.25, 0.3) is 5.56 Å². The van der Waals surface area contributed by atoms with E-state index in [1.807, 2.05) is 12.1 Å². The van der Waals surface area contributed by atoms with Crippen molar-refractivity contribution in [3.63, 3.8) is 0 Å². The predicted octanol–water partition coefficient (Wildman–Crippen LogP) is 2.83. The van der Waals surface area contributed by atoms with Gasteiger partial charge in [-0.1, -0.05) is 43.2 Å². The molecule has 4 heterocycles. The zero-order valence-corrected chi connectivity index (χ0v) is 15.2. The molecule has 0 saturated carbocycles. The first kappa shape index (κ1) is 16.4. The number of rotatable bonds is 3. The predicted molar refractivity (Wildman–Crippen MR) is 101 cm³/mol. The van der Waals surface area contributed by atoms with Gasteiger partial charge in [-0.15, -0.1) is 0 Å². The topological polar surface area (TPSA) is 115 Å². The normalized spacial score (nSPS) is 15.2. The molecule has 0 bridgehead atoms. The van der Waals surface area contributed by atoms with Crippen LogP contribution in [0.4, 0.5) is 11.6 Å². The lowest BCUT2D eigenvalue weighted by atomic mass is 9.92. The van der Waals surface area contributed by atoms with Crippen LogP contribution in [0, 0.1) is 0 Å². The molecule has 0 unspecified atom stereocenters. The Bertz CT molecular complexity index is 1190. The summed E-state index contributed by atoms with van der Waals surface area (Å²) in [4.78, 5) is 12.5. The Labute approximate surface area is 159 Å². The third kappa shape index (κ3) is 2.43. The monoisotopic (exact) mass is 375 g/mol. The quantitative estimate of drug-likeness (QED) is 0.498. The first-order chi connectivity index (χ1) is 13.6. The number of nitrogens with zero attached hydrogens (tertiary/aromatic N) is 5. The molecule has 0 fully saturated rings. The summed E-state index contributed by atoms with van der Waals surface area (Å²) in [6.45, 7) is 4.29. The molecule has 2 N–H and O–H groups in total. The largest absolute Gasteiger partial charge is 0.463 e. The van der Waals surface area contributed by atoms with E-state index in [1.54, 1.807) is 23.1 Å². The van der Waals surface area contributed by atoms with Crippen molar-refractivity contribution in [3.05, 3.63) is 69.7 Å². The van der Waals surface area contributed by atoms with Crippen LogP contribution in [-0.4, -0.2) is 30.4 Å². The number of H-pyrrole nitrogens is 1. The molecule has 0 aliphatic carbocycles. The van der Waals surface area contributed by atoms with Crippen LogP contribution in [0.3, 0.4) is 0 Å². The zero-order chi connectivity index (χ0) is 19.3. The average molecular weight is 375 g/mol. The van der Waals surface area contributed by atoms with Crippen molar-refractivity contribution >= 4 is 11.6 Å². The Morgan fingerprint density at radius 2 is 2.00 bits per heavy atom. The lowest BCUT2D eigenvalue weighted by Crippen LogP contribution is -2.29. The fourth-order valence-corrected chi connectivity index (χ4v) is 3.51. The second-order valence-corrected chi connectivity index (χ2v) is 6.96. The van der Waals surface area contributed by atoms with Crippen LogP contribution in [0.5, 0.6) is 0 Å². The van der Waals surface area contributed by atoms with Crippen LogP contribution in [-0.2, 0) is 0 Å². The molecule has 1 aromatic carbocycles. The third-order valence-electron chi connectivity index (χ3n) is 4.94. The summed E-state index contributed by atoms with van der Waals surface area (Å²) in [6, 6.07) is 11.4. The van der Waals surface area contributed by atoms with E-state index in [9.17, 15) is 4.79 Å². The number of tetrazole rings is 1. The van der Waals surface area contributed by atoms with Crippen molar-refractivity contribution in [2.24, 2.45) is 0 Å². The van der Waals surface area contributed by atoms with Gasteiger partial charge in [-0.2, -0.15) is 9.78 Å². The third-order valence-corrected chi connectivity index (χ3v) is 4.94. The molecule has 0 spiro atoms. The highest BCUT2D eigenvalue weighted by Crippen LogP contribution is 2.41. The minimum absolute atomic E-state index is 0.344. The molecule has 0 radical (unpaired) electrons. The molecule has 3 aromatic heterocycles. The van der Waals surface area contributed by atoms with Crippen molar-refractivity contribution < 1.29 is 4.42 Å². The van der Waals surface area contributed by atoms with Crippen molar-refractivity contribution in [1.29, 1.82) is 0 Å². The number of aromatic nitrogens is 6. The van der Waals surface area contributed by atoms with Gasteiger partial charge in [-0.25, -0.2) is 5.10 Å². The number of nitrogens with one attached hydrogen (secondary N) is 2. The van der Waals surface area contributed by atoms with Gasteiger partial charge < -0.3 is 9.73 Å². The summed E-state index contributed by atoms with van der Waals surface area (Å²) >= 11 is 0. The Morgan fingerprint density at radius 3 is 2.71 bits per heavy atom. The van der Waals surface area contributed by atoms with Crippen LogP contribution in [0.2, 0.25) is 0 Å². The van der Waals surface area contributed by atoms with Crippen molar-refractivity contribution in [3.8, 4) is 11.5 Å². The summed E-state index contributed by atoms with van der Waals surface area (Å²) < 4.78 is 7.21. The van der Waals surface area contributed by atoms with Gasteiger partial charge in [0, 0.05) is 5.56 Å². The first-order valence-electron chi connectivity index (χ1n) is 8.94. The zero-order valence-electron chi connectivity index (χ0n) is 15.2. The van der Waals surface area contributed by atoms with E-state index in [2.05, 4.69) is 57.0 Å². The van der Waals surface area contributed by atoms with Gasteiger partial charge in [0.1, 0.15) is 17.4 Å². The fourth-order valence-electron chi connectivity index (χ4n) is 3.51. The number of anilines is 2. The fraction of sp³-hybridized carbons (Fsp3) is 0.211. The van der Waals surface area contributed by atoms with E-state index >= 15 is 0 Å². The lowest BCUT2D eigenvalue weighted by Gasteiger charge is -2.27. The Kier molecular flexibility index (Phi) is 3.61. The van der Waals surface area contributed by atoms with Gasteiger partial charge in [0.05, 0.1) is 6.26 Å². The first-order valence-corrected chi connectivity index (χ1v) is 8.94. The van der Waals surface area contributed by atoms with E-state index in [0.29, 0.717) is 34.6 Å². The van der Waals surface area contributed by atoms with Crippen molar-refractivity contribution in [2.75, 3.05) is 5.32 Å². The summed E-state index contributed by atoms with van der Waals surface area (Å²) in [6.07, 6.45) is 1.57. The second-order valence-electron chi connectivity index (χ2n) is 6.96. The highest BCUT2D eigenvalue weighted by Gasteiger charge is 2.34. The number of aromatic amines is 1. The molecule has 5 rings (SSSR count). The van der Waals surface area contributed by atoms with Crippen LogP contribution < -0.4 is 10.9 Å². The molecular weight excluding hydrogens is 358 g/mol. The van der Waals surface area contributed by atoms with Crippen LogP contribution in [0.1, 0.15) is 42.5 Å². The molecule has 0 saturated heterocycles. The molecule has 0 amide bonds. The highest BCUT2D eigenvalue weighted by atomic mass is 16.3. The minimum Gasteiger partial charge on any atom is -0.463 e. The van der Waals surface area contributed by atoms with E-state index in [-0.39, 0.29) is 5.56 Å². The maximum Gasteiger partial charge on any atom is 0.288 e. The summed E-state index contributed by atoms with van der Waals surface area (Å²) in [7, 11) is 0. The maximum atomic E-state index is 12.5. The average Bonchev–Trinajstić information content (AvgIpc) is 3.39. The SMILES string of the molecule is CC(C)c1ccc([C@H]2c3c(-c4ccco4)n[nH]c(=O)c3Nc3nnnn32)cc1. The number of benzene rings is 1. The summed E-state index contributed by atoms with van der Waals surface area (Å²) in [5, 5.41) is 21.7. The molecule has 9 heteroatoms. The highest BCUT2D eigenvalue weighted by molar-refractivity contribution is 5.73. The Morgan fingerprint density at radius 1 is 1.18 bits per heavy atom. The molecule has 1 aliphatic rings. The van der Waals surface area contributed by atoms with Gasteiger partial charge >= 0.3 is 0 Å². The molecule has 1 aliphatic heterocycles. The number of hydrogen-bond donors (Lipinski definition) is 2. The number of hydrogen-bond acceptors (Lipinski definition) is 7. The lowest BCUT2D eigenvalue weighted by molar-refractivity contribution is 0.554. The Hall–Kier alpha value is -3.75. The number of fused-ring (bicyclic) bond motifs is 2. The molecule has 140 valence electrons. The van der Waals surface area contributed by atoms with E-state index in [0.717, 1.165) is 5.56 Å². The van der Waals surface area contributed by atoms with Crippen molar-refractivity contribution in [1.82, 2.24) is 30.4 Å². The summed E-state index contributed by atoms with van der Waals surface area (Å²) in [5.74, 6) is 1.36. The number of furan rings is 1. The van der Waals surface area contributed by atoms with Gasteiger partial charge in [-0.3, -0.25) is 4.79 Å². The van der Waals surface area contributed by atoms with E-state index < -0.39 is 6.04 Å². The summed E-state index contributed by atoms with van der Waals surface area (Å²) in [5.41, 5.74) is 3.39. The smallest absolute Gasteiger partial charge is 0.288 e. The van der Waals surface area contributed by atoms with E-state index in [1.165, 1.54) is 5.56 Å². The standard InChI is InChI=1S/C19H17N7O2/c1-10(2)11-5-7-12(8-6-11)17-14-15(13-4-3-9-28-13)21-22-18(27)16(14)20-19-23-24-25-26(17)19/h3-10,17H,1-2H3,(H,22,27)(H,20,23,25)/t17-/m0/s1. The van der Waals surface area contributed by atoms with Gasteiger partial charge in [-0.05, 0) is 39.6 Å². The molecule has 28 heavy (non-hydrogen) atoms. The van der Waals surface area contributed by atoms with Gasteiger partial charge in [0.15, 0.2) is 5.76 Å². The van der Waals surface area contributed by atoms with E-state index in [4.69, 9.17) is 4.42 Å². The maximum absolute atomic E-state index is 12.5. The molecule has 9 nitrogen and oxygen atoms in total. The Balaban J connectivity index is 1.77. The van der Waals surface area contributed by atoms with Crippen molar-refractivity contribution in [2.45, 2.75) is 25.8 Å². The van der Waals surface area contributed by atoms with Crippen LogP contribution in [0.15, 0.2) is 51.9 Å². The molecule has 4 aromatic rings. The van der Waals surface area contributed by atoms with Gasteiger partial charge in [0.2, 0.25) is 5.95 Å². The molecule has 1 atom stereocenters. The van der Waals surface area contributed by atoms with Crippen LogP contribution in [0.25, 0.3) is 11.5 Å². The minimum atomic E-state index is -0.419.